The summed E-state index contributed by atoms with van der Waals surface area (Å²) in [5, 5.41) is 2.53. The Morgan fingerprint density at radius 3 is 2.33 bits per heavy atom. The van der Waals surface area contributed by atoms with Crippen LogP contribution in [0.4, 0.5) is 13.2 Å². The highest BCUT2D eigenvalue weighted by atomic mass is 19.4. The van der Waals surface area contributed by atoms with Gasteiger partial charge in [0.25, 0.3) is 5.91 Å². The van der Waals surface area contributed by atoms with Crippen LogP contribution in [0.15, 0.2) is 30.3 Å². The number of amides is 2. The zero-order valence-corrected chi connectivity index (χ0v) is 11.6. The number of hydrogen-bond donors (Lipinski definition) is 1. The molecule has 2 atom stereocenters. The summed E-state index contributed by atoms with van der Waals surface area (Å²) in [6, 6.07) is 7.08. The molecule has 114 valence electrons. The van der Waals surface area contributed by atoms with E-state index in [-0.39, 0.29) is 0 Å². The number of halogens is 3. The lowest BCUT2D eigenvalue weighted by Crippen LogP contribution is -2.67. The van der Waals surface area contributed by atoms with Crippen molar-refractivity contribution in [2.24, 2.45) is 0 Å². The van der Waals surface area contributed by atoms with E-state index in [1.807, 2.05) is 0 Å². The first-order valence-electron chi connectivity index (χ1n) is 6.40. The summed E-state index contributed by atoms with van der Waals surface area (Å²) in [6.45, 7) is 1.25. The van der Waals surface area contributed by atoms with Crippen molar-refractivity contribution in [2.45, 2.75) is 31.6 Å². The van der Waals surface area contributed by atoms with E-state index < -0.39 is 36.1 Å². The molecule has 7 heteroatoms. The molecule has 0 saturated carbocycles. The number of rotatable bonds is 2. The van der Waals surface area contributed by atoms with Crippen molar-refractivity contribution in [1.82, 2.24) is 10.2 Å². The minimum absolute atomic E-state index is 0.447. The smallest absolute Gasteiger partial charge is 0.336 e. The number of nitrogens with one attached hydrogen (secondary N) is 1. The summed E-state index contributed by atoms with van der Waals surface area (Å²) in [6.07, 6.45) is -4.56. The SMILES string of the molecule is CC1C(=O)NC(C)(c2ccccc2)C(=O)N1CC(F)(F)F. The van der Waals surface area contributed by atoms with Gasteiger partial charge in [-0.05, 0) is 19.4 Å². The third-order valence-electron chi connectivity index (χ3n) is 3.61. The first-order valence-corrected chi connectivity index (χ1v) is 6.40. The Morgan fingerprint density at radius 2 is 1.81 bits per heavy atom. The normalized spacial score (nSPS) is 26.7. The van der Waals surface area contributed by atoms with Crippen molar-refractivity contribution < 1.29 is 22.8 Å². The van der Waals surface area contributed by atoms with Gasteiger partial charge in [-0.2, -0.15) is 13.2 Å². The van der Waals surface area contributed by atoms with Crippen molar-refractivity contribution >= 4 is 11.8 Å². The van der Waals surface area contributed by atoms with Crippen LogP contribution < -0.4 is 5.32 Å². The maximum absolute atomic E-state index is 12.6. The first kappa shape index (κ1) is 15.3. The summed E-state index contributed by atoms with van der Waals surface area (Å²) in [4.78, 5) is 25.0. The van der Waals surface area contributed by atoms with Gasteiger partial charge in [-0.15, -0.1) is 0 Å². The molecule has 1 N–H and O–H groups in total. The Hall–Kier alpha value is -2.05. The highest BCUT2D eigenvalue weighted by Gasteiger charge is 2.50. The number of hydrogen-bond acceptors (Lipinski definition) is 2. The molecule has 0 spiro atoms. The van der Waals surface area contributed by atoms with Gasteiger partial charge in [0.05, 0.1) is 0 Å². The molecular formula is C14H15F3N2O2. The molecule has 2 amide bonds. The van der Waals surface area contributed by atoms with Crippen LogP contribution in [-0.4, -0.2) is 35.5 Å². The van der Waals surface area contributed by atoms with Gasteiger partial charge in [0.2, 0.25) is 5.91 Å². The Bertz CT molecular complexity index is 559. The molecule has 2 unspecified atom stereocenters. The zero-order chi connectivity index (χ0) is 15.8. The highest BCUT2D eigenvalue weighted by Crippen LogP contribution is 2.30. The molecule has 2 rings (SSSR count). The molecule has 1 heterocycles. The van der Waals surface area contributed by atoms with Gasteiger partial charge in [-0.3, -0.25) is 9.59 Å². The molecule has 1 aromatic rings. The molecule has 1 aliphatic rings. The Balaban J connectivity index is 2.41. The van der Waals surface area contributed by atoms with Crippen LogP contribution in [0.25, 0.3) is 0 Å². The average molecular weight is 300 g/mol. The first-order chi connectivity index (χ1) is 9.65. The Labute approximate surface area is 119 Å². The van der Waals surface area contributed by atoms with Crippen LogP contribution >= 0.6 is 0 Å². The number of carbonyl (C=O) groups excluding carboxylic acids is 2. The van der Waals surface area contributed by atoms with Gasteiger partial charge >= 0.3 is 6.18 Å². The van der Waals surface area contributed by atoms with Gasteiger partial charge in [0.15, 0.2) is 0 Å². The average Bonchev–Trinajstić information content (AvgIpc) is 2.41. The fraction of sp³-hybridized carbons (Fsp3) is 0.429. The number of benzene rings is 1. The van der Waals surface area contributed by atoms with Crippen LogP contribution in [0, 0.1) is 0 Å². The van der Waals surface area contributed by atoms with E-state index >= 15 is 0 Å². The number of alkyl halides is 3. The van der Waals surface area contributed by atoms with Crippen LogP contribution in [-0.2, 0) is 15.1 Å². The highest BCUT2D eigenvalue weighted by molar-refractivity contribution is 6.00. The van der Waals surface area contributed by atoms with Gasteiger partial charge in [0, 0.05) is 0 Å². The maximum atomic E-state index is 12.6. The van der Waals surface area contributed by atoms with E-state index in [1.165, 1.54) is 13.8 Å². The summed E-state index contributed by atoms with van der Waals surface area (Å²) in [5.41, 5.74) is -1.04. The minimum Gasteiger partial charge on any atom is -0.336 e. The Morgan fingerprint density at radius 1 is 1.24 bits per heavy atom. The third kappa shape index (κ3) is 2.86. The molecule has 0 aliphatic carbocycles. The Kier molecular flexibility index (Phi) is 3.69. The van der Waals surface area contributed by atoms with Crippen molar-refractivity contribution in [3.63, 3.8) is 0 Å². The summed E-state index contributed by atoms with van der Waals surface area (Å²) >= 11 is 0. The second-order valence-corrected chi connectivity index (χ2v) is 5.20. The lowest BCUT2D eigenvalue weighted by atomic mass is 9.87. The molecule has 1 aromatic carbocycles. The lowest BCUT2D eigenvalue weighted by Gasteiger charge is -2.43. The molecule has 0 bridgehead atoms. The molecule has 0 radical (unpaired) electrons. The van der Waals surface area contributed by atoms with Gasteiger partial charge in [0.1, 0.15) is 18.1 Å². The summed E-state index contributed by atoms with van der Waals surface area (Å²) in [7, 11) is 0. The number of carbonyl (C=O) groups is 2. The van der Waals surface area contributed by atoms with Gasteiger partial charge in [-0.25, -0.2) is 0 Å². The van der Waals surface area contributed by atoms with E-state index in [2.05, 4.69) is 5.32 Å². The van der Waals surface area contributed by atoms with E-state index in [0.717, 1.165) is 0 Å². The van der Waals surface area contributed by atoms with Crippen molar-refractivity contribution in [3.8, 4) is 0 Å². The van der Waals surface area contributed by atoms with Crippen molar-refractivity contribution in [3.05, 3.63) is 35.9 Å². The minimum atomic E-state index is -4.56. The molecule has 4 nitrogen and oxygen atoms in total. The predicted octanol–water partition coefficient (Wildman–Crippen LogP) is 1.81. The fourth-order valence-corrected chi connectivity index (χ4v) is 2.38. The van der Waals surface area contributed by atoms with Crippen LogP contribution in [0.5, 0.6) is 0 Å². The number of nitrogens with zero attached hydrogens (tertiary/aromatic N) is 1. The van der Waals surface area contributed by atoms with E-state index in [9.17, 15) is 22.8 Å². The second-order valence-electron chi connectivity index (χ2n) is 5.20. The van der Waals surface area contributed by atoms with Crippen molar-refractivity contribution in [2.75, 3.05) is 6.54 Å². The topological polar surface area (TPSA) is 49.4 Å². The van der Waals surface area contributed by atoms with E-state index in [1.54, 1.807) is 30.3 Å². The molecule has 1 fully saturated rings. The van der Waals surface area contributed by atoms with Crippen LogP contribution in [0.3, 0.4) is 0 Å². The van der Waals surface area contributed by atoms with E-state index in [4.69, 9.17) is 0 Å². The quantitative estimate of drug-likeness (QED) is 0.905. The molecule has 1 aliphatic heterocycles. The maximum Gasteiger partial charge on any atom is 0.406 e. The number of piperazine rings is 1. The van der Waals surface area contributed by atoms with Gasteiger partial charge in [-0.1, -0.05) is 30.3 Å². The monoisotopic (exact) mass is 300 g/mol. The lowest BCUT2D eigenvalue weighted by molar-refractivity contribution is -0.177. The molecule has 1 saturated heterocycles. The van der Waals surface area contributed by atoms with Gasteiger partial charge < -0.3 is 10.2 Å². The van der Waals surface area contributed by atoms with Crippen LogP contribution in [0.2, 0.25) is 0 Å². The zero-order valence-electron chi connectivity index (χ0n) is 11.6. The molecule has 21 heavy (non-hydrogen) atoms. The van der Waals surface area contributed by atoms with Crippen molar-refractivity contribution in [1.29, 1.82) is 0 Å². The molecular weight excluding hydrogens is 285 g/mol. The second kappa shape index (κ2) is 5.05. The fourth-order valence-electron chi connectivity index (χ4n) is 2.38. The van der Waals surface area contributed by atoms with E-state index in [0.29, 0.717) is 10.5 Å². The summed E-state index contributed by atoms with van der Waals surface area (Å²) < 4.78 is 37.9. The standard InChI is InChI=1S/C14H15F3N2O2/c1-9-11(20)18-13(2,10-6-4-3-5-7-10)12(21)19(9)8-14(15,16)17/h3-7,9H,8H2,1-2H3,(H,18,20). The third-order valence-corrected chi connectivity index (χ3v) is 3.61. The largest absolute Gasteiger partial charge is 0.406 e. The predicted molar refractivity (Wildman–Crippen MR) is 69.2 cm³/mol. The molecule has 0 aromatic heterocycles. The van der Waals surface area contributed by atoms with Crippen LogP contribution in [0.1, 0.15) is 19.4 Å². The summed E-state index contributed by atoms with van der Waals surface area (Å²) in [5.74, 6) is -1.37.